The lowest BCUT2D eigenvalue weighted by Gasteiger charge is -2.16. The molecule has 0 fully saturated rings. The van der Waals surface area contributed by atoms with Crippen LogP contribution in [-0.2, 0) is 14.8 Å². The molecule has 0 bridgehead atoms. The zero-order chi connectivity index (χ0) is 14.6. The first-order valence-electron chi connectivity index (χ1n) is 6.07. The largest absolute Gasteiger partial charge is 0.481 e. The Balaban J connectivity index is 3.00. The first kappa shape index (κ1) is 15.7. The third-order valence-corrected chi connectivity index (χ3v) is 4.54. The maximum absolute atomic E-state index is 12.2. The molecule has 2 N–H and O–H groups in total. The molecule has 1 atom stereocenters. The van der Waals surface area contributed by atoms with Gasteiger partial charge < -0.3 is 5.11 Å². The van der Waals surface area contributed by atoms with E-state index < -0.39 is 22.0 Å². The molecule has 0 heterocycles. The molecule has 1 unspecified atom stereocenters. The molecule has 6 heteroatoms. The Labute approximate surface area is 113 Å². The van der Waals surface area contributed by atoms with Gasteiger partial charge in [0.05, 0.1) is 11.3 Å². The van der Waals surface area contributed by atoms with Gasteiger partial charge in [0.25, 0.3) is 0 Å². The number of sulfonamides is 1. The molecular formula is C13H19NO4S. The number of hydrogen-bond donors (Lipinski definition) is 2. The van der Waals surface area contributed by atoms with Gasteiger partial charge in [0.1, 0.15) is 0 Å². The van der Waals surface area contributed by atoms with Crippen molar-refractivity contribution in [1.29, 1.82) is 0 Å². The average molecular weight is 285 g/mol. The number of benzene rings is 1. The van der Waals surface area contributed by atoms with Gasteiger partial charge in [-0.15, -0.1) is 0 Å². The van der Waals surface area contributed by atoms with E-state index in [1.165, 1.54) is 0 Å². The minimum absolute atomic E-state index is 0.196. The topological polar surface area (TPSA) is 83.5 Å². The zero-order valence-corrected chi connectivity index (χ0v) is 12.1. The predicted molar refractivity (Wildman–Crippen MR) is 72.6 cm³/mol. The van der Waals surface area contributed by atoms with Crippen LogP contribution in [0.15, 0.2) is 23.1 Å². The molecule has 1 rings (SSSR count). The molecule has 0 saturated carbocycles. The zero-order valence-electron chi connectivity index (χ0n) is 11.3. The average Bonchev–Trinajstić information content (AvgIpc) is 2.26. The number of aryl methyl sites for hydroxylation is 2. The maximum Gasteiger partial charge on any atom is 0.304 e. The fraction of sp³-hybridized carbons (Fsp3) is 0.462. The third kappa shape index (κ3) is 4.33. The van der Waals surface area contributed by atoms with Gasteiger partial charge in [-0.05, 0) is 31.9 Å². The lowest BCUT2D eigenvalue weighted by Crippen LogP contribution is -2.36. The van der Waals surface area contributed by atoms with Crippen molar-refractivity contribution in [3.8, 4) is 0 Å². The minimum Gasteiger partial charge on any atom is -0.481 e. The molecule has 0 saturated heterocycles. The van der Waals surface area contributed by atoms with Crippen LogP contribution in [0.4, 0.5) is 0 Å². The van der Waals surface area contributed by atoms with Crippen molar-refractivity contribution >= 4 is 16.0 Å². The summed E-state index contributed by atoms with van der Waals surface area (Å²) in [4.78, 5) is 10.9. The molecule has 0 aliphatic rings. The van der Waals surface area contributed by atoms with Crippen molar-refractivity contribution in [3.63, 3.8) is 0 Å². The van der Waals surface area contributed by atoms with Crippen molar-refractivity contribution in [2.45, 2.75) is 44.6 Å². The van der Waals surface area contributed by atoms with Crippen molar-refractivity contribution in [1.82, 2.24) is 4.72 Å². The van der Waals surface area contributed by atoms with Gasteiger partial charge in [0, 0.05) is 6.04 Å². The maximum atomic E-state index is 12.2. The molecule has 106 valence electrons. The number of carboxylic acid groups (broad SMARTS) is 1. The molecule has 5 nitrogen and oxygen atoms in total. The first-order valence-corrected chi connectivity index (χ1v) is 7.56. The summed E-state index contributed by atoms with van der Waals surface area (Å²) < 4.78 is 26.9. The second-order valence-electron chi connectivity index (χ2n) is 4.59. The number of rotatable bonds is 6. The molecule has 0 aliphatic heterocycles. The molecular weight excluding hydrogens is 266 g/mol. The molecule has 1 aromatic rings. The lowest BCUT2D eigenvalue weighted by molar-refractivity contribution is -0.137. The van der Waals surface area contributed by atoms with Crippen LogP contribution in [0.3, 0.4) is 0 Å². The van der Waals surface area contributed by atoms with E-state index in [9.17, 15) is 13.2 Å². The Hall–Kier alpha value is -1.40. The van der Waals surface area contributed by atoms with Crippen molar-refractivity contribution in [2.75, 3.05) is 0 Å². The molecule has 19 heavy (non-hydrogen) atoms. The number of aliphatic carboxylic acids is 1. The summed E-state index contributed by atoms with van der Waals surface area (Å²) in [7, 11) is -3.68. The Morgan fingerprint density at radius 2 is 2.00 bits per heavy atom. The van der Waals surface area contributed by atoms with E-state index in [-0.39, 0.29) is 11.3 Å². The Morgan fingerprint density at radius 3 is 2.47 bits per heavy atom. The summed E-state index contributed by atoms with van der Waals surface area (Å²) in [5.41, 5.74) is 1.63. The highest BCUT2D eigenvalue weighted by molar-refractivity contribution is 7.89. The lowest BCUT2D eigenvalue weighted by atomic mass is 10.2. The smallest absolute Gasteiger partial charge is 0.304 e. The number of nitrogens with one attached hydrogen (secondary N) is 1. The monoisotopic (exact) mass is 285 g/mol. The van der Waals surface area contributed by atoms with Gasteiger partial charge in [-0.2, -0.15) is 0 Å². The number of carboxylic acids is 1. The molecule has 0 amide bonds. The second-order valence-corrected chi connectivity index (χ2v) is 6.28. The highest BCUT2D eigenvalue weighted by Gasteiger charge is 2.22. The van der Waals surface area contributed by atoms with Gasteiger partial charge in [0.15, 0.2) is 0 Å². The van der Waals surface area contributed by atoms with Crippen LogP contribution in [0.1, 0.15) is 30.9 Å². The third-order valence-electron chi connectivity index (χ3n) is 2.86. The fourth-order valence-electron chi connectivity index (χ4n) is 1.86. The molecule has 1 aromatic carbocycles. The van der Waals surface area contributed by atoms with E-state index in [0.29, 0.717) is 12.0 Å². The van der Waals surface area contributed by atoms with Crippen molar-refractivity contribution < 1.29 is 18.3 Å². The van der Waals surface area contributed by atoms with Crippen molar-refractivity contribution in [3.05, 3.63) is 29.3 Å². The van der Waals surface area contributed by atoms with Gasteiger partial charge in [-0.1, -0.05) is 24.6 Å². The van der Waals surface area contributed by atoms with E-state index in [0.717, 1.165) is 5.56 Å². The first-order chi connectivity index (χ1) is 8.76. The highest BCUT2D eigenvalue weighted by Crippen LogP contribution is 2.17. The van der Waals surface area contributed by atoms with Crippen molar-refractivity contribution in [2.24, 2.45) is 0 Å². The summed E-state index contributed by atoms with van der Waals surface area (Å²) in [5, 5.41) is 8.74. The van der Waals surface area contributed by atoms with E-state index in [2.05, 4.69) is 4.72 Å². The van der Waals surface area contributed by atoms with Gasteiger partial charge in [-0.25, -0.2) is 13.1 Å². The van der Waals surface area contributed by atoms with E-state index in [1.807, 2.05) is 6.92 Å². The second kappa shape index (κ2) is 6.16. The summed E-state index contributed by atoms with van der Waals surface area (Å²) >= 11 is 0. The quantitative estimate of drug-likeness (QED) is 0.835. The molecule has 0 aromatic heterocycles. The summed E-state index contributed by atoms with van der Waals surface area (Å²) in [5.74, 6) is -1.02. The molecule has 0 aliphatic carbocycles. The van der Waals surface area contributed by atoms with Gasteiger partial charge >= 0.3 is 5.97 Å². The van der Waals surface area contributed by atoms with Crippen LogP contribution in [-0.4, -0.2) is 25.5 Å². The van der Waals surface area contributed by atoms with Gasteiger partial charge in [0.2, 0.25) is 10.0 Å². The van der Waals surface area contributed by atoms with E-state index in [4.69, 9.17) is 5.11 Å². The highest BCUT2D eigenvalue weighted by atomic mass is 32.2. The predicted octanol–water partition coefficient (Wildman–Crippen LogP) is 1.84. The number of hydrogen-bond acceptors (Lipinski definition) is 3. The van der Waals surface area contributed by atoms with E-state index in [1.54, 1.807) is 32.0 Å². The van der Waals surface area contributed by atoms with Crippen LogP contribution in [0, 0.1) is 13.8 Å². The Bertz CT molecular complexity index is 566. The summed E-state index contributed by atoms with van der Waals surface area (Å²) in [6.45, 7) is 5.36. The Kier molecular flexibility index (Phi) is 5.08. The molecule has 0 radical (unpaired) electrons. The molecule has 0 spiro atoms. The van der Waals surface area contributed by atoms with Crippen LogP contribution < -0.4 is 4.72 Å². The van der Waals surface area contributed by atoms with Crippen LogP contribution in [0.5, 0.6) is 0 Å². The normalized spacial score (nSPS) is 13.2. The Morgan fingerprint density at radius 1 is 1.37 bits per heavy atom. The summed E-state index contributed by atoms with van der Waals surface area (Å²) in [6, 6.07) is 4.45. The standard InChI is InChI=1S/C13H19NO4S/c1-4-11(8-13(15)16)14-19(17,18)12-6-5-9(2)7-10(12)3/h5-7,11,14H,4,8H2,1-3H3,(H,15,16). The van der Waals surface area contributed by atoms with Crippen LogP contribution >= 0.6 is 0 Å². The SMILES string of the molecule is CCC(CC(=O)O)NS(=O)(=O)c1ccc(C)cc1C. The fourth-order valence-corrected chi connectivity index (χ4v) is 3.41. The van der Waals surface area contributed by atoms with Crippen LogP contribution in [0.25, 0.3) is 0 Å². The van der Waals surface area contributed by atoms with Gasteiger partial charge in [-0.3, -0.25) is 4.79 Å². The van der Waals surface area contributed by atoms with E-state index >= 15 is 0 Å². The minimum atomic E-state index is -3.68. The van der Waals surface area contributed by atoms with Crippen LogP contribution in [0.2, 0.25) is 0 Å². The summed E-state index contributed by atoms with van der Waals surface area (Å²) in [6.07, 6.45) is 0.205. The number of carbonyl (C=O) groups is 1.